The Labute approximate surface area is 79.4 Å². The topological polar surface area (TPSA) is 24.1 Å². The van der Waals surface area contributed by atoms with Crippen molar-refractivity contribution in [1.29, 1.82) is 0 Å². The summed E-state index contributed by atoms with van der Waals surface area (Å²) in [6.07, 6.45) is 2.56. The summed E-state index contributed by atoms with van der Waals surface area (Å²) in [6, 6.07) is 9.08. The third kappa shape index (κ3) is 1.68. The predicted molar refractivity (Wildman–Crippen MR) is 56.0 cm³/mol. The van der Waals surface area contributed by atoms with Crippen LogP contribution in [0, 0.1) is 0 Å². The Kier molecular flexibility index (Phi) is 2.50. The van der Waals surface area contributed by atoms with Crippen molar-refractivity contribution in [2.45, 2.75) is 18.9 Å². The molecule has 1 aliphatic rings. The van der Waals surface area contributed by atoms with Gasteiger partial charge in [-0.05, 0) is 31.0 Å². The quantitative estimate of drug-likeness (QED) is 0.721. The van der Waals surface area contributed by atoms with Gasteiger partial charge in [0.25, 0.3) is 0 Å². The summed E-state index contributed by atoms with van der Waals surface area (Å²) >= 11 is 0. The van der Waals surface area contributed by atoms with E-state index in [9.17, 15) is 0 Å². The molecule has 1 atom stereocenters. The Hall–Kier alpha value is -1.02. The normalized spacial score (nSPS) is 21.8. The molecule has 1 heterocycles. The van der Waals surface area contributed by atoms with Crippen LogP contribution in [-0.2, 0) is 0 Å². The third-order valence-electron chi connectivity index (χ3n) is 2.67. The second-order valence-corrected chi connectivity index (χ2v) is 3.49. The lowest BCUT2D eigenvalue weighted by Gasteiger charge is -2.15. The summed E-state index contributed by atoms with van der Waals surface area (Å²) < 4.78 is 0. The number of nitrogens with one attached hydrogen (secondary N) is 2. The molecule has 0 bridgehead atoms. The van der Waals surface area contributed by atoms with Crippen molar-refractivity contribution in [3.63, 3.8) is 0 Å². The van der Waals surface area contributed by atoms with Crippen LogP contribution in [0.2, 0.25) is 0 Å². The smallest absolute Gasteiger partial charge is 0.0386 e. The van der Waals surface area contributed by atoms with E-state index < -0.39 is 0 Å². The molecule has 0 radical (unpaired) electrons. The average Bonchev–Trinajstić information content (AvgIpc) is 2.70. The van der Waals surface area contributed by atoms with Crippen molar-refractivity contribution in [3.05, 3.63) is 29.8 Å². The Balaban J connectivity index is 2.26. The Morgan fingerprint density at radius 1 is 1.38 bits per heavy atom. The van der Waals surface area contributed by atoms with Gasteiger partial charge in [0, 0.05) is 18.8 Å². The third-order valence-corrected chi connectivity index (χ3v) is 2.67. The van der Waals surface area contributed by atoms with E-state index in [0.29, 0.717) is 6.04 Å². The van der Waals surface area contributed by atoms with Gasteiger partial charge >= 0.3 is 0 Å². The molecule has 13 heavy (non-hydrogen) atoms. The minimum Gasteiger partial charge on any atom is -0.388 e. The lowest BCUT2D eigenvalue weighted by molar-refractivity contribution is 0.649. The molecule has 70 valence electrons. The molecule has 1 fully saturated rings. The van der Waals surface area contributed by atoms with Crippen LogP contribution in [0.4, 0.5) is 5.69 Å². The highest BCUT2D eigenvalue weighted by Gasteiger charge is 2.17. The van der Waals surface area contributed by atoms with Crippen LogP contribution in [0.25, 0.3) is 0 Å². The molecule has 0 aromatic heterocycles. The fraction of sp³-hybridized carbons (Fsp3) is 0.455. The number of rotatable bonds is 2. The van der Waals surface area contributed by atoms with Gasteiger partial charge in [-0.25, -0.2) is 0 Å². The lowest BCUT2D eigenvalue weighted by Crippen LogP contribution is -2.14. The lowest BCUT2D eigenvalue weighted by atomic mass is 10.0. The van der Waals surface area contributed by atoms with E-state index in [2.05, 4.69) is 34.9 Å². The van der Waals surface area contributed by atoms with Gasteiger partial charge in [-0.3, -0.25) is 0 Å². The number of hydrogen-bond acceptors (Lipinski definition) is 2. The Bertz CT molecular complexity index is 277. The van der Waals surface area contributed by atoms with Crippen LogP contribution in [0.5, 0.6) is 0 Å². The van der Waals surface area contributed by atoms with Crippen LogP contribution < -0.4 is 10.6 Å². The minimum absolute atomic E-state index is 0.559. The summed E-state index contributed by atoms with van der Waals surface area (Å²) in [4.78, 5) is 0. The summed E-state index contributed by atoms with van der Waals surface area (Å²) in [5.41, 5.74) is 2.66. The van der Waals surface area contributed by atoms with Gasteiger partial charge in [0.05, 0.1) is 0 Å². The van der Waals surface area contributed by atoms with Crippen molar-refractivity contribution < 1.29 is 0 Å². The number of anilines is 1. The van der Waals surface area contributed by atoms with Crippen LogP contribution in [-0.4, -0.2) is 13.6 Å². The molecule has 0 saturated carbocycles. The molecular weight excluding hydrogens is 160 g/mol. The monoisotopic (exact) mass is 176 g/mol. The molecule has 0 unspecified atom stereocenters. The number of para-hydroxylation sites is 1. The van der Waals surface area contributed by atoms with Gasteiger partial charge in [-0.2, -0.15) is 0 Å². The minimum atomic E-state index is 0.559. The van der Waals surface area contributed by atoms with Crippen molar-refractivity contribution in [2.24, 2.45) is 0 Å². The highest BCUT2D eigenvalue weighted by Crippen LogP contribution is 2.28. The fourth-order valence-corrected chi connectivity index (χ4v) is 1.98. The zero-order valence-corrected chi connectivity index (χ0v) is 8.01. The second kappa shape index (κ2) is 3.79. The molecule has 0 aliphatic carbocycles. The Morgan fingerprint density at radius 2 is 2.23 bits per heavy atom. The molecule has 2 N–H and O–H groups in total. The van der Waals surface area contributed by atoms with E-state index in [0.717, 1.165) is 6.54 Å². The average molecular weight is 176 g/mol. The van der Waals surface area contributed by atoms with Crippen molar-refractivity contribution in [3.8, 4) is 0 Å². The van der Waals surface area contributed by atoms with Crippen molar-refractivity contribution >= 4 is 5.69 Å². The first kappa shape index (κ1) is 8.57. The van der Waals surface area contributed by atoms with Gasteiger partial charge in [0.2, 0.25) is 0 Å². The Morgan fingerprint density at radius 3 is 2.92 bits per heavy atom. The zero-order valence-electron chi connectivity index (χ0n) is 8.01. The summed E-state index contributed by atoms with van der Waals surface area (Å²) in [6.45, 7) is 1.16. The van der Waals surface area contributed by atoms with Crippen LogP contribution >= 0.6 is 0 Å². The van der Waals surface area contributed by atoms with E-state index in [1.54, 1.807) is 0 Å². The first-order valence-corrected chi connectivity index (χ1v) is 4.92. The number of benzene rings is 1. The summed E-state index contributed by atoms with van der Waals surface area (Å²) in [5.74, 6) is 0. The highest BCUT2D eigenvalue weighted by atomic mass is 14.9. The standard InChI is InChI=1S/C11H16N2/c1-12-10-6-3-2-5-9(10)11-7-4-8-13-11/h2-3,5-6,11-13H,4,7-8H2,1H3/t11-/m0/s1. The summed E-state index contributed by atoms with van der Waals surface area (Å²) in [7, 11) is 1.98. The van der Waals surface area contributed by atoms with E-state index in [-0.39, 0.29) is 0 Å². The molecule has 1 aromatic rings. The van der Waals surface area contributed by atoms with Crippen LogP contribution in [0.15, 0.2) is 24.3 Å². The fourth-order valence-electron chi connectivity index (χ4n) is 1.98. The van der Waals surface area contributed by atoms with Gasteiger partial charge in [0.15, 0.2) is 0 Å². The van der Waals surface area contributed by atoms with Gasteiger partial charge < -0.3 is 10.6 Å². The summed E-state index contributed by atoms with van der Waals surface area (Å²) in [5, 5.41) is 6.74. The zero-order chi connectivity index (χ0) is 9.10. The van der Waals surface area contributed by atoms with E-state index in [4.69, 9.17) is 0 Å². The molecule has 1 saturated heterocycles. The van der Waals surface area contributed by atoms with E-state index in [1.165, 1.54) is 24.1 Å². The molecule has 0 amide bonds. The molecule has 2 heteroatoms. The van der Waals surface area contributed by atoms with Crippen molar-refractivity contribution in [1.82, 2.24) is 5.32 Å². The van der Waals surface area contributed by atoms with E-state index in [1.807, 2.05) is 7.05 Å². The number of hydrogen-bond donors (Lipinski definition) is 2. The maximum atomic E-state index is 3.51. The second-order valence-electron chi connectivity index (χ2n) is 3.49. The van der Waals surface area contributed by atoms with Gasteiger partial charge in [-0.15, -0.1) is 0 Å². The van der Waals surface area contributed by atoms with Crippen LogP contribution in [0.1, 0.15) is 24.4 Å². The molecule has 2 rings (SSSR count). The maximum Gasteiger partial charge on any atom is 0.0386 e. The predicted octanol–water partition coefficient (Wildman–Crippen LogP) is 2.15. The first-order valence-electron chi connectivity index (χ1n) is 4.92. The molecule has 1 aliphatic heterocycles. The first-order chi connectivity index (χ1) is 6.42. The molecular formula is C11H16N2. The van der Waals surface area contributed by atoms with Gasteiger partial charge in [-0.1, -0.05) is 18.2 Å². The molecule has 2 nitrogen and oxygen atoms in total. The SMILES string of the molecule is CNc1ccccc1[C@@H]1CCCN1. The molecule has 0 spiro atoms. The van der Waals surface area contributed by atoms with Crippen molar-refractivity contribution in [2.75, 3.05) is 18.9 Å². The highest BCUT2D eigenvalue weighted by molar-refractivity contribution is 5.52. The molecule has 1 aromatic carbocycles. The van der Waals surface area contributed by atoms with Gasteiger partial charge in [0.1, 0.15) is 0 Å². The van der Waals surface area contributed by atoms with E-state index >= 15 is 0 Å². The van der Waals surface area contributed by atoms with Crippen LogP contribution in [0.3, 0.4) is 0 Å². The maximum absolute atomic E-state index is 3.51. The largest absolute Gasteiger partial charge is 0.388 e.